The number of thioether (sulfide) groups is 1. The van der Waals surface area contributed by atoms with Crippen molar-refractivity contribution >= 4 is 29.8 Å². The molecular formula is C24H34N4O6S. The topological polar surface area (TPSA) is 113 Å². The van der Waals surface area contributed by atoms with Crippen molar-refractivity contribution in [2.75, 3.05) is 19.4 Å². The van der Waals surface area contributed by atoms with E-state index < -0.39 is 29.2 Å². The molecule has 0 aliphatic rings. The summed E-state index contributed by atoms with van der Waals surface area (Å²) < 4.78 is 15.7. The van der Waals surface area contributed by atoms with Crippen LogP contribution in [0.25, 0.3) is 0 Å². The number of carbonyl (C=O) groups is 3. The lowest BCUT2D eigenvalue weighted by Crippen LogP contribution is -2.41. The maximum atomic E-state index is 12.9. The van der Waals surface area contributed by atoms with Crippen molar-refractivity contribution in [3.05, 3.63) is 41.7 Å². The van der Waals surface area contributed by atoms with Crippen LogP contribution in [0.2, 0.25) is 0 Å². The molecule has 0 saturated heterocycles. The van der Waals surface area contributed by atoms with Crippen LogP contribution in [0, 0.1) is 0 Å². The molecule has 11 heteroatoms. The van der Waals surface area contributed by atoms with E-state index in [1.807, 2.05) is 30.3 Å². The average Bonchev–Trinajstić information content (AvgIpc) is 3.13. The fraction of sp³-hybridized carbons (Fsp3) is 0.542. The molecule has 2 rings (SSSR count). The number of benzene rings is 1. The molecule has 0 N–H and O–H groups in total. The molecule has 35 heavy (non-hydrogen) atoms. The van der Waals surface area contributed by atoms with E-state index >= 15 is 0 Å². The van der Waals surface area contributed by atoms with Gasteiger partial charge in [-0.3, -0.25) is 9.69 Å². The van der Waals surface area contributed by atoms with Crippen LogP contribution in [-0.4, -0.2) is 68.5 Å². The van der Waals surface area contributed by atoms with Crippen molar-refractivity contribution in [3.63, 3.8) is 0 Å². The minimum Gasteiger partial charge on any atom is -0.464 e. The molecule has 1 aromatic heterocycles. The maximum absolute atomic E-state index is 12.9. The lowest BCUT2D eigenvalue weighted by atomic mass is 10.2. The first kappa shape index (κ1) is 28.2. The number of hydrogen-bond acceptors (Lipinski definition) is 9. The molecular weight excluding hydrogens is 472 g/mol. The first-order valence-corrected chi connectivity index (χ1v) is 12.2. The van der Waals surface area contributed by atoms with Gasteiger partial charge in [0.15, 0.2) is 5.69 Å². The van der Waals surface area contributed by atoms with Gasteiger partial charge in [0.2, 0.25) is 0 Å². The number of carbonyl (C=O) groups excluding carboxylic acids is 3. The number of aromatic nitrogens is 3. The largest absolute Gasteiger partial charge is 0.464 e. The van der Waals surface area contributed by atoms with Crippen molar-refractivity contribution in [2.24, 2.45) is 0 Å². The standard InChI is InChI=1S/C24H34N4O6S/c1-23(2,3)33-19(29)16-27(22(31)34-24(4,5)6)15-18-20(21(30)32-7)26-28(25-18)13-14-35-17-11-9-8-10-12-17/h8-12H,13-16H2,1-7H3. The Morgan fingerprint density at radius 1 is 0.971 bits per heavy atom. The summed E-state index contributed by atoms with van der Waals surface area (Å²) in [6.07, 6.45) is -0.742. The summed E-state index contributed by atoms with van der Waals surface area (Å²) in [7, 11) is 1.24. The summed E-state index contributed by atoms with van der Waals surface area (Å²) in [5, 5.41) is 8.66. The summed E-state index contributed by atoms with van der Waals surface area (Å²) >= 11 is 1.62. The Balaban J connectivity index is 2.23. The monoisotopic (exact) mass is 506 g/mol. The van der Waals surface area contributed by atoms with Crippen molar-refractivity contribution in [1.29, 1.82) is 0 Å². The highest BCUT2D eigenvalue weighted by Gasteiger charge is 2.30. The van der Waals surface area contributed by atoms with Gasteiger partial charge in [-0.2, -0.15) is 9.90 Å². The number of rotatable bonds is 9. The zero-order valence-electron chi connectivity index (χ0n) is 21.4. The Kier molecular flexibility index (Phi) is 9.70. The van der Waals surface area contributed by atoms with Crippen LogP contribution in [0.1, 0.15) is 57.7 Å². The van der Waals surface area contributed by atoms with E-state index in [4.69, 9.17) is 14.2 Å². The zero-order chi connectivity index (χ0) is 26.2. The maximum Gasteiger partial charge on any atom is 0.411 e. The van der Waals surface area contributed by atoms with Crippen molar-refractivity contribution < 1.29 is 28.6 Å². The van der Waals surface area contributed by atoms with Gasteiger partial charge in [-0.1, -0.05) is 18.2 Å². The lowest BCUT2D eigenvalue weighted by molar-refractivity contribution is -0.156. The van der Waals surface area contributed by atoms with E-state index in [0.29, 0.717) is 12.3 Å². The molecule has 192 valence electrons. The molecule has 0 unspecified atom stereocenters. The third-order valence-corrected chi connectivity index (χ3v) is 5.13. The minimum absolute atomic E-state index is 0.0324. The van der Waals surface area contributed by atoms with Gasteiger partial charge in [0, 0.05) is 10.6 Å². The van der Waals surface area contributed by atoms with E-state index in [1.165, 1.54) is 11.9 Å². The van der Waals surface area contributed by atoms with Gasteiger partial charge < -0.3 is 14.2 Å². The highest BCUT2D eigenvalue weighted by molar-refractivity contribution is 7.99. The van der Waals surface area contributed by atoms with Crippen LogP contribution in [0.5, 0.6) is 0 Å². The van der Waals surface area contributed by atoms with Gasteiger partial charge in [0.05, 0.1) is 20.2 Å². The van der Waals surface area contributed by atoms with Gasteiger partial charge in [-0.15, -0.1) is 16.9 Å². The van der Waals surface area contributed by atoms with Crippen LogP contribution in [-0.2, 0) is 32.1 Å². The van der Waals surface area contributed by atoms with Gasteiger partial charge in [-0.05, 0) is 53.7 Å². The van der Waals surface area contributed by atoms with Gasteiger partial charge in [0.1, 0.15) is 23.4 Å². The van der Waals surface area contributed by atoms with Gasteiger partial charge in [0.25, 0.3) is 0 Å². The predicted octanol–water partition coefficient (Wildman–Crippen LogP) is 3.94. The van der Waals surface area contributed by atoms with E-state index in [2.05, 4.69) is 10.2 Å². The molecule has 0 aliphatic heterocycles. The fourth-order valence-corrected chi connectivity index (χ4v) is 3.67. The Bertz CT molecular complexity index is 1010. The second-order valence-corrected chi connectivity index (χ2v) is 10.8. The number of ether oxygens (including phenoxy) is 3. The third kappa shape index (κ3) is 9.97. The first-order chi connectivity index (χ1) is 16.3. The van der Waals surface area contributed by atoms with Crippen LogP contribution in [0.15, 0.2) is 35.2 Å². The minimum atomic E-state index is -0.791. The quantitative estimate of drug-likeness (QED) is 0.283. The van der Waals surface area contributed by atoms with Crippen molar-refractivity contribution in [3.8, 4) is 0 Å². The zero-order valence-corrected chi connectivity index (χ0v) is 22.2. The first-order valence-electron chi connectivity index (χ1n) is 11.2. The molecule has 1 amide bonds. The summed E-state index contributed by atoms with van der Waals surface area (Å²) in [4.78, 5) is 41.3. The Morgan fingerprint density at radius 3 is 2.17 bits per heavy atom. The Morgan fingerprint density at radius 2 is 1.60 bits per heavy atom. The fourth-order valence-electron chi connectivity index (χ4n) is 2.83. The van der Waals surface area contributed by atoms with Crippen LogP contribution in [0.4, 0.5) is 4.79 Å². The summed E-state index contributed by atoms with van der Waals surface area (Å²) in [6.45, 7) is 10.2. The second-order valence-electron chi connectivity index (χ2n) is 9.67. The number of amides is 1. The Hall–Kier alpha value is -3.08. The van der Waals surface area contributed by atoms with E-state index in [1.54, 1.807) is 53.3 Å². The smallest absolute Gasteiger partial charge is 0.411 e. The molecule has 1 aromatic carbocycles. The number of hydrogen-bond donors (Lipinski definition) is 0. The summed E-state index contributed by atoms with van der Waals surface area (Å²) in [5.74, 6) is -0.648. The predicted molar refractivity (Wildman–Crippen MR) is 131 cm³/mol. The molecule has 0 saturated carbocycles. The lowest BCUT2D eigenvalue weighted by Gasteiger charge is -2.27. The van der Waals surface area contributed by atoms with Gasteiger partial charge in [-0.25, -0.2) is 9.59 Å². The number of methoxy groups -OCH3 is 1. The molecule has 2 aromatic rings. The van der Waals surface area contributed by atoms with Crippen molar-refractivity contribution in [1.82, 2.24) is 19.9 Å². The number of esters is 2. The molecule has 0 radical (unpaired) electrons. The highest BCUT2D eigenvalue weighted by atomic mass is 32.2. The molecule has 10 nitrogen and oxygen atoms in total. The normalized spacial score (nSPS) is 11.6. The average molecular weight is 507 g/mol. The Labute approximate surface area is 210 Å². The molecule has 0 spiro atoms. The van der Waals surface area contributed by atoms with E-state index in [0.717, 1.165) is 9.80 Å². The molecule has 0 fully saturated rings. The van der Waals surface area contributed by atoms with Gasteiger partial charge >= 0.3 is 18.0 Å². The SMILES string of the molecule is COC(=O)c1nn(CCSc2ccccc2)nc1CN(CC(=O)OC(C)(C)C)C(=O)OC(C)(C)C. The summed E-state index contributed by atoms with van der Waals surface area (Å²) in [5.41, 5.74) is -1.36. The van der Waals surface area contributed by atoms with E-state index in [9.17, 15) is 14.4 Å². The molecule has 0 aliphatic carbocycles. The van der Waals surface area contributed by atoms with Crippen LogP contribution in [0.3, 0.4) is 0 Å². The summed E-state index contributed by atoms with van der Waals surface area (Å²) in [6, 6.07) is 9.86. The molecule has 1 heterocycles. The molecule has 0 bridgehead atoms. The molecule has 0 atom stereocenters. The van der Waals surface area contributed by atoms with Crippen molar-refractivity contribution in [2.45, 2.75) is 70.7 Å². The van der Waals surface area contributed by atoms with E-state index in [-0.39, 0.29) is 24.5 Å². The third-order valence-electron chi connectivity index (χ3n) is 4.14. The van der Waals surface area contributed by atoms with Crippen LogP contribution < -0.4 is 0 Å². The second kappa shape index (κ2) is 12.1. The highest BCUT2D eigenvalue weighted by Crippen LogP contribution is 2.18. The number of nitrogens with zero attached hydrogens (tertiary/aromatic N) is 4. The van der Waals surface area contributed by atoms with Crippen LogP contribution >= 0.6 is 11.8 Å². The number of aryl methyl sites for hydroxylation is 1.